The number of hydrogen-bond donors (Lipinski definition) is 1. The van der Waals surface area contributed by atoms with E-state index in [2.05, 4.69) is 62.8 Å². The number of morpholine rings is 1. The largest absolute Gasteiger partial charge is 0.379 e. The summed E-state index contributed by atoms with van der Waals surface area (Å²) in [6, 6.07) is 11.0. The molecule has 5 nitrogen and oxygen atoms in total. The van der Waals surface area contributed by atoms with Crippen LogP contribution in [0.2, 0.25) is 0 Å². The molecule has 130 valence electrons. The van der Waals surface area contributed by atoms with Crippen LogP contribution < -0.4 is 5.32 Å². The monoisotopic (exact) mass is 354 g/mol. The highest BCUT2D eigenvalue weighted by molar-refractivity contribution is 7.16. The summed E-state index contributed by atoms with van der Waals surface area (Å²) >= 11 is 1.64. The van der Waals surface area contributed by atoms with E-state index < -0.39 is 0 Å². The second kappa shape index (κ2) is 7.47. The van der Waals surface area contributed by atoms with E-state index in [4.69, 9.17) is 4.74 Å². The van der Waals surface area contributed by atoms with E-state index in [1.54, 1.807) is 17.7 Å². The summed E-state index contributed by atoms with van der Waals surface area (Å²) in [4.78, 5) is 12.3. The van der Waals surface area contributed by atoms with Crippen molar-refractivity contribution in [1.29, 1.82) is 0 Å². The maximum Gasteiger partial charge on any atom is 0.138 e. The Bertz CT molecular complexity index is 827. The number of nitrogens with zero attached hydrogens (tertiary/aromatic N) is 3. The summed E-state index contributed by atoms with van der Waals surface area (Å²) in [5.74, 6) is 0.907. The lowest BCUT2D eigenvalue weighted by molar-refractivity contribution is 0.0361. The van der Waals surface area contributed by atoms with Crippen molar-refractivity contribution in [3.63, 3.8) is 0 Å². The highest BCUT2D eigenvalue weighted by Gasteiger charge is 2.19. The molecule has 1 fully saturated rings. The molecule has 25 heavy (non-hydrogen) atoms. The van der Waals surface area contributed by atoms with Crippen molar-refractivity contribution in [3.8, 4) is 0 Å². The Morgan fingerprint density at radius 3 is 2.76 bits per heavy atom. The number of fused-ring (bicyclic) bond motifs is 1. The molecular weight excluding hydrogens is 332 g/mol. The molecule has 1 aliphatic heterocycles. The lowest BCUT2D eigenvalue weighted by atomic mass is 10.0. The first-order valence-electron chi connectivity index (χ1n) is 8.61. The van der Waals surface area contributed by atoms with Gasteiger partial charge in [0.2, 0.25) is 0 Å². The third-order valence-corrected chi connectivity index (χ3v) is 5.42. The lowest BCUT2D eigenvalue weighted by Gasteiger charge is -2.31. The van der Waals surface area contributed by atoms with Gasteiger partial charge in [-0.05, 0) is 23.9 Å². The summed E-state index contributed by atoms with van der Waals surface area (Å²) in [7, 11) is 0. The molecule has 1 saturated heterocycles. The van der Waals surface area contributed by atoms with E-state index >= 15 is 0 Å². The fourth-order valence-corrected chi connectivity index (χ4v) is 3.88. The predicted octanol–water partition coefficient (Wildman–Crippen LogP) is 3.49. The SMILES string of the molecule is Cc1ccc([C@@H](CN2CCOCC2)Nc2ncnc3sccc23)cc1. The van der Waals surface area contributed by atoms with Crippen molar-refractivity contribution in [2.75, 3.05) is 38.2 Å². The molecule has 0 unspecified atom stereocenters. The van der Waals surface area contributed by atoms with E-state index in [0.717, 1.165) is 48.9 Å². The molecule has 0 aliphatic carbocycles. The van der Waals surface area contributed by atoms with Crippen LogP contribution in [0.3, 0.4) is 0 Å². The van der Waals surface area contributed by atoms with E-state index in [1.807, 2.05) is 0 Å². The molecule has 0 saturated carbocycles. The van der Waals surface area contributed by atoms with Crippen LogP contribution in [0, 0.1) is 6.92 Å². The first-order valence-corrected chi connectivity index (χ1v) is 9.49. The van der Waals surface area contributed by atoms with Crippen molar-refractivity contribution in [2.45, 2.75) is 13.0 Å². The van der Waals surface area contributed by atoms with Gasteiger partial charge in [-0.3, -0.25) is 4.90 Å². The van der Waals surface area contributed by atoms with Gasteiger partial charge in [0.05, 0.1) is 24.6 Å². The van der Waals surface area contributed by atoms with Gasteiger partial charge in [-0.15, -0.1) is 11.3 Å². The van der Waals surface area contributed by atoms with Gasteiger partial charge in [-0.25, -0.2) is 9.97 Å². The van der Waals surface area contributed by atoms with Gasteiger partial charge >= 0.3 is 0 Å². The number of thiophene rings is 1. The van der Waals surface area contributed by atoms with Crippen molar-refractivity contribution in [2.24, 2.45) is 0 Å². The molecule has 3 aromatic rings. The second-order valence-corrected chi connectivity index (χ2v) is 7.28. The molecule has 1 N–H and O–H groups in total. The van der Waals surface area contributed by atoms with Crippen LogP contribution in [0.5, 0.6) is 0 Å². The van der Waals surface area contributed by atoms with E-state index in [1.165, 1.54) is 11.1 Å². The summed E-state index contributed by atoms with van der Waals surface area (Å²) in [5.41, 5.74) is 2.55. The van der Waals surface area contributed by atoms with Gasteiger partial charge in [-0.2, -0.15) is 0 Å². The first-order chi connectivity index (χ1) is 12.3. The average molecular weight is 354 g/mol. The number of rotatable bonds is 5. The van der Waals surface area contributed by atoms with Gasteiger partial charge in [-0.1, -0.05) is 29.8 Å². The van der Waals surface area contributed by atoms with E-state index in [-0.39, 0.29) is 6.04 Å². The van der Waals surface area contributed by atoms with Crippen LogP contribution in [-0.4, -0.2) is 47.7 Å². The fourth-order valence-electron chi connectivity index (χ4n) is 3.15. The standard InChI is InChI=1S/C19H22N4OS/c1-14-2-4-15(5-3-14)17(12-23-7-9-24-10-8-23)22-18-16-6-11-25-19(16)21-13-20-18/h2-6,11,13,17H,7-10,12H2,1H3,(H,20,21,22)/t17-/m1/s1. The Kier molecular flexibility index (Phi) is 4.92. The molecule has 3 heterocycles. The molecule has 4 rings (SSSR count). The van der Waals surface area contributed by atoms with E-state index in [9.17, 15) is 0 Å². The number of aryl methyl sites for hydroxylation is 1. The lowest BCUT2D eigenvalue weighted by Crippen LogP contribution is -2.40. The smallest absolute Gasteiger partial charge is 0.138 e. The third-order valence-electron chi connectivity index (χ3n) is 4.60. The molecule has 1 atom stereocenters. The van der Waals surface area contributed by atoms with Gasteiger partial charge in [0.25, 0.3) is 0 Å². The quantitative estimate of drug-likeness (QED) is 0.760. The molecule has 2 aromatic heterocycles. The van der Waals surface area contributed by atoms with Gasteiger partial charge in [0.1, 0.15) is 17.0 Å². The van der Waals surface area contributed by atoms with Crippen LogP contribution in [-0.2, 0) is 4.74 Å². The summed E-state index contributed by atoms with van der Waals surface area (Å²) < 4.78 is 5.49. The topological polar surface area (TPSA) is 50.3 Å². The Morgan fingerprint density at radius 2 is 1.96 bits per heavy atom. The molecule has 0 spiro atoms. The Morgan fingerprint density at radius 1 is 1.16 bits per heavy atom. The average Bonchev–Trinajstić information content (AvgIpc) is 3.12. The van der Waals surface area contributed by atoms with Crippen LogP contribution in [0.4, 0.5) is 5.82 Å². The minimum absolute atomic E-state index is 0.178. The predicted molar refractivity (Wildman–Crippen MR) is 102 cm³/mol. The van der Waals surface area contributed by atoms with Crippen molar-refractivity contribution >= 4 is 27.4 Å². The number of anilines is 1. The number of ether oxygens (including phenoxy) is 1. The molecule has 6 heteroatoms. The highest BCUT2D eigenvalue weighted by Crippen LogP contribution is 2.28. The molecule has 0 radical (unpaired) electrons. The second-order valence-electron chi connectivity index (χ2n) is 6.38. The van der Waals surface area contributed by atoms with Gasteiger partial charge in [0, 0.05) is 19.6 Å². The number of nitrogens with one attached hydrogen (secondary N) is 1. The molecule has 1 aromatic carbocycles. The Labute approximate surface area is 151 Å². The summed E-state index contributed by atoms with van der Waals surface area (Å²) in [6.45, 7) is 6.62. The molecule has 0 bridgehead atoms. The maximum absolute atomic E-state index is 5.49. The summed E-state index contributed by atoms with van der Waals surface area (Å²) in [6.07, 6.45) is 1.64. The van der Waals surface area contributed by atoms with Crippen molar-refractivity contribution < 1.29 is 4.74 Å². The normalized spacial score (nSPS) is 16.8. The maximum atomic E-state index is 5.49. The minimum Gasteiger partial charge on any atom is -0.379 e. The van der Waals surface area contributed by atoms with Crippen LogP contribution in [0.15, 0.2) is 42.0 Å². The zero-order valence-corrected chi connectivity index (χ0v) is 15.1. The summed E-state index contributed by atoms with van der Waals surface area (Å²) in [5, 5.41) is 6.82. The van der Waals surface area contributed by atoms with Gasteiger partial charge < -0.3 is 10.1 Å². The number of aromatic nitrogens is 2. The Balaban J connectivity index is 1.62. The van der Waals surface area contributed by atoms with Crippen molar-refractivity contribution in [1.82, 2.24) is 14.9 Å². The van der Waals surface area contributed by atoms with Gasteiger partial charge in [0.15, 0.2) is 0 Å². The van der Waals surface area contributed by atoms with Crippen LogP contribution in [0.1, 0.15) is 17.2 Å². The van der Waals surface area contributed by atoms with E-state index in [0.29, 0.717) is 0 Å². The number of hydrogen-bond acceptors (Lipinski definition) is 6. The zero-order valence-electron chi connectivity index (χ0n) is 14.3. The fraction of sp³-hybridized carbons (Fsp3) is 0.368. The first kappa shape index (κ1) is 16.4. The Hall–Kier alpha value is -2.02. The minimum atomic E-state index is 0.178. The van der Waals surface area contributed by atoms with Crippen LogP contribution in [0.25, 0.3) is 10.2 Å². The third kappa shape index (κ3) is 3.81. The zero-order chi connectivity index (χ0) is 17.1. The molecule has 1 aliphatic rings. The highest BCUT2D eigenvalue weighted by atomic mass is 32.1. The van der Waals surface area contributed by atoms with Crippen LogP contribution >= 0.6 is 11.3 Å². The van der Waals surface area contributed by atoms with Crippen molar-refractivity contribution in [3.05, 3.63) is 53.2 Å². The molecular formula is C19H22N4OS. The molecule has 0 amide bonds. The number of benzene rings is 1.